The smallest absolute Gasteiger partial charge is 0.338 e. The summed E-state index contributed by atoms with van der Waals surface area (Å²) in [6, 6.07) is 26.2. The van der Waals surface area contributed by atoms with Gasteiger partial charge in [0.05, 0.1) is 12.8 Å². The third-order valence-electron chi connectivity index (χ3n) is 6.59. The summed E-state index contributed by atoms with van der Waals surface area (Å²) in [4.78, 5) is 14.7. The SMILES string of the molecule is COc1ccc(-c2ccc3oc(=O)cc(NC4CCN(C/C=C/c5ccccc5)CC4)c3c2)cc1. The Hall–Kier alpha value is -3.83. The molecule has 0 atom stereocenters. The van der Waals surface area contributed by atoms with E-state index in [1.165, 1.54) is 5.56 Å². The van der Waals surface area contributed by atoms with Gasteiger partial charge in [0.25, 0.3) is 0 Å². The number of nitrogens with zero attached hydrogens (tertiary/aromatic N) is 1. The van der Waals surface area contributed by atoms with E-state index in [1.54, 1.807) is 13.2 Å². The van der Waals surface area contributed by atoms with Crippen LogP contribution in [0.5, 0.6) is 5.75 Å². The molecule has 1 aliphatic heterocycles. The zero-order valence-electron chi connectivity index (χ0n) is 19.9. The van der Waals surface area contributed by atoms with Crippen LogP contribution in [-0.4, -0.2) is 37.7 Å². The van der Waals surface area contributed by atoms with E-state index in [1.807, 2.05) is 42.5 Å². The number of hydrogen-bond donors (Lipinski definition) is 1. The molecule has 0 radical (unpaired) electrons. The fraction of sp³-hybridized carbons (Fsp3) is 0.233. The molecule has 3 aromatic carbocycles. The van der Waals surface area contributed by atoms with Gasteiger partial charge in [-0.15, -0.1) is 0 Å². The van der Waals surface area contributed by atoms with E-state index < -0.39 is 0 Å². The summed E-state index contributed by atoms with van der Waals surface area (Å²) in [6.45, 7) is 2.99. The van der Waals surface area contributed by atoms with E-state index >= 15 is 0 Å². The van der Waals surface area contributed by atoms with Crippen LogP contribution in [-0.2, 0) is 0 Å². The maximum atomic E-state index is 12.2. The molecule has 1 aromatic heterocycles. The van der Waals surface area contributed by atoms with Crippen LogP contribution in [0.2, 0.25) is 0 Å². The lowest BCUT2D eigenvalue weighted by molar-refractivity contribution is 0.240. The first-order valence-electron chi connectivity index (χ1n) is 12.1. The van der Waals surface area contributed by atoms with Crippen molar-refractivity contribution in [3.63, 3.8) is 0 Å². The van der Waals surface area contributed by atoms with Crippen LogP contribution in [0, 0.1) is 0 Å². The molecule has 0 saturated carbocycles. The van der Waals surface area contributed by atoms with Crippen LogP contribution in [0.4, 0.5) is 5.69 Å². The summed E-state index contributed by atoms with van der Waals surface area (Å²) in [5.41, 5.74) is 4.49. The number of piperidine rings is 1. The van der Waals surface area contributed by atoms with E-state index in [0.717, 1.165) is 60.4 Å². The molecule has 35 heavy (non-hydrogen) atoms. The van der Waals surface area contributed by atoms with Gasteiger partial charge in [-0.3, -0.25) is 4.90 Å². The Labute approximate surface area is 205 Å². The fourth-order valence-corrected chi connectivity index (χ4v) is 4.63. The highest BCUT2D eigenvalue weighted by atomic mass is 16.5. The average molecular weight is 467 g/mol. The molecule has 1 saturated heterocycles. The van der Waals surface area contributed by atoms with Gasteiger partial charge < -0.3 is 14.5 Å². The molecule has 0 unspecified atom stereocenters. The summed E-state index contributed by atoms with van der Waals surface area (Å²) in [5.74, 6) is 0.824. The summed E-state index contributed by atoms with van der Waals surface area (Å²) >= 11 is 0. The molecule has 5 rings (SSSR count). The molecule has 1 N–H and O–H groups in total. The molecule has 0 amide bonds. The van der Waals surface area contributed by atoms with Gasteiger partial charge >= 0.3 is 5.63 Å². The van der Waals surface area contributed by atoms with Crippen LogP contribution in [0.15, 0.2) is 94.2 Å². The van der Waals surface area contributed by atoms with Crippen molar-refractivity contribution < 1.29 is 9.15 Å². The fourth-order valence-electron chi connectivity index (χ4n) is 4.63. The summed E-state index contributed by atoms with van der Waals surface area (Å²) < 4.78 is 10.8. The molecule has 4 aromatic rings. The van der Waals surface area contributed by atoms with Gasteiger partial charge in [0.2, 0.25) is 0 Å². The highest BCUT2D eigenvalue weighted by Crippen LogP contribution is 2.30. The molecule has 0 spiro atoms. The Morgan fingerprint density at radius 3 is 2.46 bits per heavy atom. The van der Waals surface area contributed by atoms with Crippen molar-refractivity contribution in [2.45, 2.75) is 18.9 Å². The molecule has 2 heterocycles. The zero-order valence-corrected chi connectivity index (χ0v) is 19.9. The van der Waals surface area contributed by atoms with Crippen LogP contribution >= 0.6 is 0 Å². The molecular formula is C30H30N2O3. The highest BCUT2D eigenvalue weighted by Gasteiger charge is 2.19. The zero-order chi connectivity index (χ0) is 24.0. The van der Waals surface area contributed by atoms with Gasteiger partial charge in [-0.05, 0) is 53.8 Å². The first-order valence-corrected chi connectivity index (χ1v) is 12.1. The molecule has 1 aliphatic rings. The molecule has 1 fully saturated rings. The first kappa shape index (κ1) is 22.9. The number of benzene rings is 3. The van der Waals surface area contributed by atoms with Crippen LogP contribution in [0.3, 0.4) is 0 Å². The van der Waals surface area contributed by atoms with Gasteiger partial charge in [-0.25, -0.2) is 4.79 Å². The molecular weight excluding hydrogens is 436 g/mol. The monoisotopic (exact) mass is 466 g/mol. The second kappa shape index (κ2) is 10.6. The predicted octanol–water partition coefficient (Wildman–Crippen LogP) is 6.06. The number of ether oxygens (including phenoxy) is 1. The number of rotatable bonds is 7. The Morgan fingerprint density at radius 1 is 0.971 bits per heavy atom. The lowest BCUT2D eigenvalue weighted by Crippen LogP contribution is -2.39. The normalized spacial score (nSPS) is 15.0. The molecule has 5 nitrogen and oxygen atoms in total. The van der Waals surface area contributed by atoms with Crippen molar-refractivity contribution in [1.29, 1.82) is 0 Å². The van der Waals surface area contributed by atoms with Crippen molar-refractivity contribution in [2.24, 2.45) is 0 Å². The van der Waals surface area contributed by atoms with Crippen molar-refractivity contribution >= 4 is 22.7 Å². The Bertz CT molecular complexity index is 1350. The van der Waals surface area contributed by atoms with Gasteiger partial charge in [0.1, 0.15) is 11.3 Å². The number of hydrogen-bond acceptors (Lipinski definition) is 5. The minimum Gasteiger partial charge on any atom is -0.497 e. The molecule has 178 valence electrons. The number of methoxy groups -OCH3 is 1. The lowest BCUT2D eigenvalue weighted by Gasteiger charge is -2.32. The lowest BCUT2D eigenvalue weighted by atomic mass is 10.0. The second-order valence-corrected chi connectivity index (χ2v) is 8.95. The van der Waals surface area contributed by atoms with E-state index in [4.69, 9.17) is 9.15 Å². The molecule has 0 bridgehead atoms. The summed E-state index contributed by atoms with van der Waals surface area (Å²) in [6.07, 6.45) is 6.47. The Morgan fingerprint density at radius 2 is 1.71 bits per heavy atom. The molecule has 5 heteroatoms. The number of fused-ring (bicyclic) bond motifs is 1. The number of likely N-dealkylation sites (tertiary alicyclic amines) is 1. The van der Waals surface area contributed by atoms with E-state index in [9.17, 15) is 4.79 Å². The van der Waals surface area contributed by atoms with E-state index in [-0.39, 0.29) is 5.63 Å². The van der Waals surface area contributed by atoms with Crippen LogP contribution in [0.25, 0.3) is 28.2 Å². The minimum absolute atomic E-state index is 0.319. The van der Waals surface area contributed by atoms with E-state index in [0.29, 0.717) is 11.6 Å². The van der Waals surface area contributed by atoms with Crippen LogP contribution in [0.1, 0.15) is 18.4 Å². The third-order valence-corrected chi connectivity index (χ3v) is 6.59. The second-order valence-electron chi connectivity index (χ2n) is 8.95. The minimum atomic E-state index is -0.333. The predicted molar refractivity (Wildman–Crippen MR) is 143 cm³/mol. The van der Waals surface area contributed by atoms with Gasteiger partial charge in [0.15, 0.2) is 0 Å². The standard InChI is InChI=1S/C30H30N2O3/c1-34-26-12-9-23(10-13-26)24-11-14-29-27(20-24)28(21-30(33)35-29)31-25-15-18-32(19-16-25)17-5-8-22-6-3-2-4-7-22/h2-14,20-21,25,31H,15-19H2,1H3/b8-5+. The van der Waals surface area contributed by atoms with Gasteiger partial charge in [0, 0.05) is 37.1 Å². The highest BCUT2D eigenvalue weighted by molar-refractivity contribution is 5.93. The summed E-state index contributed by atoms with van der Waals surface area (Å²) in [5, 5.41) is 4.56. The first-order chi connectivity index (χ1) is 17.2. The molecule has 0 aliphatic carbocycles. The largest absolute Gasteiger partial charge is 0.497 e. The number of nitrogens with one attached hydrogen (secondary N) is 1. The topological polar surface area (TPSA) is 54.7 Å². The summed E-state index contributed by atoms with van der Waals surface area (Å²) in [7, 11) is 1.66. The van der Waals surface area contributed by atoms with Crippen molar-refractivity contribution in [1.82, 2.24) is 4.90 Å². The van der Waals surface area contributed by atoms with Crippen molar-refractivity contribution in [3.05, 3.63) is 101 Å². The average Bonchev–Trinajstić information content (AvgIpc) is 2.90. The number of anilines is 1. The van der Waals surface area contributed by atoms with Crippen molar-refractivity contribution in [3.8, 4) is 16.9 Å². The Kier molecular flexibility index (Phi) is 6.96. The maximum absolute atomic E-state index is 12.2. The maximum Gasteiger partial charge on any atom is 0.338 e. The third kappa shape index (κ3) is 5.64. The van der Waals surface area contributed by atoms with E-state index in [2.05, 4.69) is 52.7 Å². The Balaban J connectivity index is 1.27. The quantitative estimate of drug-likeness (QED) is 0.336. The van der Waals surface area contributed by atoms with Crippen molar-refractivity contribution in [2.75, 3.05) is 32.1 Å². The van der Waals surface area contributed by atoms with Gasteiger partial charge in [-0.2, -0.15) is 0 Å². The van der Waals surface area contributed by atoms with Gasteiger partial charge in [-0.1, -0.05) is 60.7 Å². The van der Waals surface area contributed by atoms with Crippen LogP contribution < -0.4 is 15.7 Å².